The summed E-state index contributed by atoms with van der Waals surface area (Å²) in [5.41, 5.74) is 12.4. The average molecular weight is 762 g/mol. The van der Waals surface area contributed by atoms with Crippen molar-refractivity contribution in [3.05, 3.63) is 218 Å². The Morgan fingerprint density at radius 3 is 1.18 bits per heavy atom. The Hall–Kier alpha value is -8.19. The van der Waals surface area contributed by atoms with E-state index in [1.54, 1.807) is 0 Å². The first-order valence-corrected chi connectivity index (χ1v) is 20.2. The molecule has 11 aromatic rings. The zero-order valence-electron chi connectivity index (χ0n) is 32.5. The third-order valence-corrected chi connectivity index (χ3v) is 11.7. The lowest BCUT2D eigenvalue weighted by molar-refractivity contribution is 1.19. The van der Waals surface area contributed by atoms with Gasteiger partial charge in [-0.3, -0.25) is 0 Å². The number of rotatable bonds is 6. The van der Waals surface area contributed by atoms with Crippen LogP contribution in [0.4, 0.5) is 0 Å². The summed E-state index contributed by atoms with van der Waals surface area (Å²) in [6.45, 7) is 0. The van der Waals surface area contributed by atoms with Gasteiger partial charge >= 0.3 is 0 Å². The van der Waals surface area contributed by atoms with Crippen molar-refractivity contribution in [2.75, 3.05) is 0 Å². The number of nitrogens with zero attached hydrogens (tertiary/aromatic N) is 3. The first-order valence-electron chi connectivity index (χ1n) is 20.2. The quantitative estimate of drug-likeness (QED) is 0.159. The molecule has 11 rings (SSSR count). The molecule has 1 aromatic heterocycles. The van der Waals surface area contributed by atoms with Crippen molar-refractivity contribution in [1.29, 1.82) is 5.26 Å². The third-order valence-electron chi connectivity index (χ3n) is 11.7. The summed E-state index contributed by atoms with van der Waals surface area (Å²) >= 11 is 0. The van der Waals surface area contributed by atoms with E-state index in [1.165, 1.54) is 43.8 Å². The van der Waals surface area contributed by atoms with Gasteiger partial charge in [0.2, 0.25) is 0 Å². The van der Waals surface area contributed by atoms with Crippen LogP contribution in [-0.2, 0) is 0 Å². The zero-order chi connectivity index (χ0) is 40.0. The van der Waals surface area contributed by atoms with Crippen molar-refractivity contribution in [2.24, 2.45) is 0 Å². The van der Waals surface area contributed by atoms with Crippen molar-refractivity contribution in [3.8, 4) is 73.4 Å². The van der Waals surface area contributed by atoms with Crippen LogP contribution in [0.15, 0.2) is 212 Å². The lowest BCUT2D eigenvalue weighted by Crippen LogP contribution is -1.98. The molecule has 0 aliphatic rings. The highest BCUT2D eigenvalue weighted by molar-refractivity contribution is 6.24. The fourth-order valence-electron chi connectivity index (χ4n) is 9.01. The minimum atomic E-state index is 0.643. The van der Waals surface area contributed by atoms with Gasteiger partial charge < -0.3 is 0 Å². The van der Waals surface area contributed by atoms with Gasteiger partial charge in [-0.1, -0.05) is 194 Å². The van der Waals surface area contributed by atoms with Gasteiger partial charge in [0.1, 0.15) is 0 Å². The maximum absolute atomic E-state index is 9.43. The minimum Gasteiger partial charge on any atom is -0.228 e. The number of hydrogen-bond donors (Lipinski definition) is 0. The van der Waals surface area contributed by atoms with E-state index in [9.17, 15) is 5.26 Å². The van der Waals surface area contributed by atoms with Crippen molar-refractivity contribution in [1.82, 2.24) is 9.97 Å². The topological polar surface area (TPSA) is 49.6 Å². The molecule has 0 radical (unpaired) electrons. The second kappa shape index (κ2) is 14.6. The van der Waals surface area contributed by atoms with E-state index in [2.05, 4.69) is 176 Å². The molecule has 0 fully saturated rings. The van der Waals surface area contributed by atoms with Crippen molar-refractivity contribution in [3.63, 3.8) is 0 Å². The molecule has 0 N–H and O–H groups in total. The van der Waals surface area contributed by atoms with E-state index in [4.69, 9.17) is 9.97 Å². The first-order chi connectivity index (χ1) is 29.7. The summed E-state index contributed by atoms with van der Waals surface area (Å²) in [6, 6.07) is 77.0. The summed E-state index contributed by atoms with van der Waals surface area (Å²) < 4.78 is 0. The average Bonchev–Trinajstić information content (AvgIpc) is 3.33. The molecular weight excluding hydrogens is 727 g/mol. The van der Waals surface area contributed by atoms with E-state index in [0.29, 0.717) is 11.4 Å². The summed E-state index contributed by atoms with van der Waals surface area (Å²) in [6.07, 6.45) is 0. The number of benzene rings is 10. The summed E-state index contributed by atoms with van der Waals surface area (Å²) in [5, 5.41) is 18.8. The van der Waals surface area contributed by atoms with Crippen molar-refractivity contribution >= 4 is 43.1 Å². The van der Waals surface area contributed by atoms with E-state index in [0.717, 1.165) is 60.8 Å². The monoisotopic (exact) mass is 761 g/mol. The lowest BCUT2D eigenvalue weighted by Gasteiger charge is -2.20. The highest BCUT2D eigenvalue weighted by Crippen LogP contribution is 2.47. The predicted octanol–water partition coefficient (Wildman–Crippen LogP) is 15.0. The van der Waals surface area contributed by atoms with Crippen LogP contribution in [-0.4, -0.2) is 9.97 Å². The summed E-state index contributed by atoms with van der Waals surface area (Å²) in [7, 11) is 0. The standard InChI is InChI=1S/C57H35N3/c58-36-37-27-29-38(30-28-37)41-31-32-46(43-20-8-7-19-42(41)43)53-35-54(60-57(59-53)40-17-5-2-6-18-40)47-33-34-52(45-22-10-9-21-44(45)47)56-50-25-13-11-23-48(50)55(39-15-3-1-4-16-39)49-24-12-14-26-51(49)56/h1-35H. The number of fused-ring (bicyclic) bond motifs is 4. The largest absolute Gasteiger partial charge is 0.228 e. The molecule has 60 heavy (non-hydrogen) atoms. The Morgan fingerprint density at radius 2 is 0.683 bits per heavy atom. The molecule has 0 bridgehead atoms. The maximum atomic E-state index is 9.43. The van der Waals surface area contributed by atoms with Crippen molar-refractivity contribution < 1.29 is 0 Å². The van der Waals surface area contributed by atoms with Crippen LogP contribution in [0.2, 0.25) is 0 Å². The molecule has 0 saturated heterocycles. The fraction of sp³-hybridized carbons (Fsp3) is 0. The maximum Gasteiger partial charge on any atom is 0.160 e. The highest BCUT2D eigenvalue weighted by Gasteiger charge is 2.21. The lowest BCUT2D eigenvalue weighted by atomic mass is 9.84. The normalized spacial score (nSPS) is 11.3. The van der Waals surface area contributed by atoms with Gasteiger partial charge in [-0.15, -0.1) is 0 Å². The van der Waals surface area contributed by atoms with Crippen LogP contribution in [0.25, 0.3) is 110 Å². The molecule has 0 amide bonds. The Bertz CT molecular complexity index is 3420. The zero-order valence-corrected chi connectivity index (χ0v) is 32.5. The molecular formula is C57H35N3. The molecule has 0 aliphatic heterocycles. The van der Waals surface area contributed by atoms with Gasteiger partial charge in [0.25, 0.3) is 0 Å². The smallest absolute Gasteiger partial charge is 0.160 e. The second-order valence-corrected chi connectivity index (χ2v) is 15.1. The minimum absolute atomic E-state index is 0.643. The Labute approximate surface area is 348 Å². The SMILES string of the molecule is N#Cc1ccc(-c2ccc(-c3cc(-c4ccc(-c5c6ccccc6c(-c6ccccc6)c6ccccc56)c5ccccc45)nc(-c4ccccc4)n3)c3ccccc23)cc1. The Morgan fingerprint density at radius 1 is 0.300 bits per heavy atom. The van der Waals surface area contributed by atoms with Gasteiger partial charge in [-0.2, -0.15) is 5.26 Å². The van der Waals surface area contributed by atoms with E-state index >= 15 is 0 Å². The number of hydrogen-bond acceptors (Lipinski definition) is 3. The Balaban J connectivity index is 1.14. The van der Waals surface area contributed by atoms with E-state index in [1.807, 2.05) is 42.5 Å². The molecule has 10 aromatic carbocycles. The van der Waals surface area contributed by atoms with Gasteiger partial charge in [0.05, 0.1) is 23.0 Å². The number of nitriles is 1. The van der Waals surface area contributed by atoms with E-state index < -0.39 is 0 Å². The van der Waals surface area contributed by atoms with Gasteiger partial charge in [-0.25, -0.2) is 9.97 Å². The van der Waals surface area contributed by atoms with Crippen LogP contribution in [0.5, 0.6) is 0 Å². The molecule has 0 unspecified atom stereocenters. The van der Waals surface area contributed by atoms with Gasteiger partial charge in [-0.05, 0) is 94.7 Å². The second-order valence-electron chi connectivity index (χ2n) is 15.1. The molecule has 3 nitrogen and oxygen atoms in total. The fourth-order valence-corrected chi connectivity index (χ4v) is 9.01. The molecule has 1 heterocycles. The molecule has 278 valence electrons. The Kier molecular flexibility index (Phi) is 8.54. The van der Waals surface area contributed by atoms with Gasteiger partial charge in [0, 0.05) is 16.7 Å². The number of aromatic nitrogens is 2. The van der Waals surface area contributed by atoms with Gasteiger partial charge in [0.15, 0.2) is 5.82 Å². The summed E-state index contributed by atoms with van der Waals surface area (Å²) in [4.78, 5) is 10.6. The van der Waals surface area contributed by atoms with Crippen LogP contribution < -0.4 is 0 Å². The highest BCUT2D eigenvalue weighted by atomic mass is 14.9. The van der Waals surface area contributed by atoms with Crippen LogP contribution in [0.3, 0.4) is 0 Å². The summed E-state index contributed by atoms with van der Waals surface area (Å²) in [5.74, 6) is 0.671. The third kappa shape index (κ3) is 5.90. The molecule has 0 spiro atoms. The molecule has 0 atom stereocenters. The van der Waals surface area contributed by atoms with Crippen LogP contribution >= 0.6 is 0 Å². The van der Waals surface area contributed by atoms with E-state index in [-0.39, 0.29) is 0 Å². The molecule has 0 aliphatic carbocycles. The first kappa shape index (κ1) is 35.0. The molecule has 0 saturated carbocycles. The van der Waals surface area contributed by atoms with Crippen LogP contribution in [0.1, 0.15) is 5.56 Å². The van der Waals surface area contributed by atoms with Crippen molar-refractivity contribution in [2.45, 2.75) is 0 Å². The molecule has 3 heteroatoms. The predicted molar refractivity (Wildman–Crippen MR) is 249 cm³/mol. The van der Waals surface area contributed by atoms with Crippen LogP contribution in [0, 0.1) is 11.3 Å².